The minimum absolute atomic E-state index is 0.118. The Morgan fingerprint density at radius 1 is 0.871 bits per heavy atom. The zero-order valence-electron chi connectivity index (χ0n) is 17.6. The molecule has 0 saturated carbocycles. The Balaban J connectivity index is 1.41. The summed E-state index contributed by atoms with van der Waals surface area (Å²) >= 11 is 0. The van der Waals surface area contributed by atoms with Gasteiger partial charge in [0.2, 0.25) is 5.91 Å². The molecule has 0 fully saturated rings. The highest BCUT2D eigenvalue weighted by atomic mass is 16.2. The Morgan fingerprint density at radius 3 is 2.13 bits per heavy atom. The molecule has 0 unspecified atom stereocenters. The molecule has 1 heterocycles. The van der Waals surface area contributed by atoms with Crippen LogP contribution in [0, 0.1) is 0 Å². The molecule has 0 spiro atoms. The molecule has 3 amide bonds. The van der Waals surface area contributed by atoms with Crippen LogP contribution in [-0.4, -0.2) is 17.7 Å². The lowest BCUT2D eigenvalue weighted by molar-refractivity contribution is -0.116. The van der Waals surface area contributed by atoms with Gasteiger partial charge in [-0.1, -0.05) is 56.3 Å². The van der Waals surface area contributed by atoms with Crippen molar-refractivity contribution in [2.75, 3.05) is 10.2 Å². The number of carbonyl (C=O) groups is 3. The molecule has 5 heteroatoms. The molecule has 0 radical (unpaired) electrons. The van der Waals surface area contributed by atoms with E-state index in [0.29, 0.717) is 41.3 Å². The second-order valence-corrected chi connectivity index (χ2v) is 7.99. The normalized spacial score (nSPS) is 12.9. The van der Waals surface area contributed by atoms with Crippen molar-refractivity contribution in [2.24, 2.45) is 0 Å². The van der Waals surface area contributed by atoms with Gasteiger partial charge in [0.25, 0.3) is 11.8 Å². The lowest BCUT2D eigenvalue weighted by Crippen LogP contribution is -2.29. The predicted octanol–water partition coefficient (Wildman–Crippen LogP) is 5.18. The van der Waals surface area contributed by atoms with Gasteiger partial charge in [-0.25, -0.2) is 4.90 Å². The van der Waals surface area contributed by atoms with Crippen LogP contribution in [0.5, 0.6) is 0 Å². The number of hydrogen-bond donors (Lipinski definition) is 1. The third kappa shape index (κ3) is 4.26. The van der Waals surface area contributed by atoms with Gasteiger partial charge < -0.3 is 5.32 Å². The van der Waals surface area contributed by atoms with Crippen LogP contribution in [0.15, 0.2) is 72.8 Å². The summed E-state index contributed by atoms with van der Waals surface area (Å²) in [6.45, 7) is 4.30. The molecule has 0 aliphatic carbocycles. The molecule has 0 atom stereocenters. The standard InChI is InChI=1S/C26H24N2O3/c1-17(2)19-13-10-18(11-14-19)12-15-24(29)27-20-6-5-7-21(16-20)28-25(30)22-8-3-4-9-23(22)26(28)31/h3-11,13-14,16-17H,12,15H2,1-2H3,(H,27,29). The molecule has 1 aliphatic heterocycles. The maximum atomic E-state index is 12.7. The van der Waals surface area contributed by atoms with Crippen LogP contribution >= 0.6 is 0 Å². The summed E-state index contributed by atoms with van der Waals surface area (Å²) in [4.78, 5) is 39.0. The van der Waals surface area contributed by atoms with Crippen LogP contribution < -0.4 is 10.2 Å². The number of carbonyl (C=O) groups excluding carboxylic acids is 3. The van der Waals surface area contributed by atoms with Gasteiger partial charge in [0.1, 0.15) is 0 Å². The highest BCUT2D eigenvalue weighted by Gasteiger charge is 2.36. The number of hydrogen-bond acceptors (Lipinski definition) is 3. The molecule has 3 aromatic carbocycles. The third-order valence-electron chi connectivity index (χ3n) is 5.47. The molecule has 31 heavy (non-hydrogen) atoms. The molecule has 5 nitrogen and oxygen atoms in total. The highest BCUT2D eigenvalue weighted by molar-refractivity contribution is 6.34. The highest BCUT2D eigenvalue weighted by Crippen LogP contribution is 2.29. The zero-order chi connectivity index (χ0) is 22.0. The van der Waals surface area contributed by atoms with E-state index in [1.54, 1.807) is 48.5 Å². The van der Waals surface area contributed by atoms with Gasteiger partial charge in [0.15, 0.2) is 0 Å². The predicted molar refractivity (Wildman–Crippen MR) is 122 cm³/mol. The second-order valence-electron chi connectivity index (χ2n) is 7.99. The maximum absolute atomic E-state index is 12.7. The summed E-state index contributed by atoms with van der Waals surface area (Å²) in [5.74, 6) is -0.345. The van der Waals surface area contributed by atoms with E-state index >= 15 is 0 Å². The Kier molecular flexibility index (Phi) is 5.67. The van der Waals surface area contributed by atoms with E-state index in [-0.39, 0.29) is 17.7 Å². The van der Waals surface area contributed by atoms with Crippen LogP contribution in [0.3, 0.4) is 0 Å². The number of imide groups is 1. The first-order valence-electron chi connectivity index (χ1n) is 10.4. The molecule has 0 bridgehead atoms. The topological polar surface area (TPSA) is 66.5 Å². The lowest BCUT2D eigenvalue weighted by atomic mass is 10.0. The van der Waals surface area contributed by atoms with Crippen molar-refractivity contribution in [1.29, 1.82) is 0 Å². The number of amides is 3. The summed E-state index contributed by atoms with van der Waals surface area (Å²) in [6, 6.07) is 21.9. The van der Waals surface area contributed by atoms with Crippen LogP contribution in [0.2, 0.25) is 0 Å². The fraction of sp³-hybridized carbons (Fsp3) is 0.192. The van der Waals surface area contributed by atoms with Crippen molar-refractivity contribution in [3.05, 3.63) is 95.1 Å². The van der Waals surface area contributed by atoms with E-state index in [4.69, 9.17) is 0 Å². The van der Waals surface area contributed by atoms with Gasteiger partial charge in [0, 0.05) is 12.1 Å². The summed E-state index contributed by atoms with van der Waals surface area (Å²) < 4.78 is 0. The van der Waals surface area contributed by atoms with Crippen molar-refractivity contribution in [1.82, 2.24) is 0 Å². The van der Waals surface area contributed by atoms with Crippen molar-refractivity contribution >= 4 is 29.1 Å². The van der Waals surface area contributed by atoms with Gasteiger partial charge in [0.05, 0.1) is 16.8 Å². The zero-order valence-corrected chi connectivity index (χ0v) is 17.6. The maximum Gasteiger partial charge on any atom is 0.266 e. The Labute approximate surface area is 181 Å². The number of fused-ring (bicyclic) bond motifs is 1. The molecule has 0 aromatic heterocycles. The summed E-state index contributed by atoms with van der Waals surface area (Å²) in [5.41, 5.74) is 4.16. The number of nitrogens with zero attached hydrogens (tertiary/aromatic N) is 1. The second kappa shape index (κ2) is 8.56. The largest absolute Gasteiger partial charge is 0.326 e. The molecule has 156 valence electrons. The van der Waals surface area contributed by atoms with Crippen molar-refractivity contribution in [3.63, 3.8) is 0 Å². The van der Waals surface area contributed by atoms with Crippen molar-refractivity contribution in [3.8, 4) is 0 Å². The van der Waals surface area contributed by atoms with Crippen LogP contribution in [0.4, 0.5) is 11.4 Å². The quantitative estimate of drug-likeness (QED) is 0.567. The fourth-order valence-corrected chi connectivity index (χ4v) is 3.70. The summed E-state index contributed by atoms with van der Waals surface area (Å²) in [7, 11) is 0. The first-order valence-corrected chi connectivity index (χ1v) is 10.4. The molecule has 3 aromatic rings. The summed E-state index contributed by atoms with van der Waals surface area (Å²) in [5, 5.41) is 2.87. The molecular formula is C26H24N2O3. The fourth-order valence-electron chi connectivity index (χ4n) is 3.70. The minimum atomic E-state index is -0.353. The van der Waals surface area contributed by atoms with Crippen LogP contribution in [0.1, 0.15) is 58.0 Å². The van der Waals surface area contributed by atoms with Crippen LogP contribution in [0.25, 0.3) is 0 Å². The lowest BCUT2D eigenvalue weighted by Gasteiger charge is -2.15. The number of nitrogens with one attached hydrogen (secondary N) is 1. The van der Waals surface area contributed by atoms with E-state index in [1.807, 2.05) is 0 Å². The van der Waals surface area contributed by atoms with Gasteiger partial charge >= 0.3 is 0 Å². The first-order chi connectivity index (χ1) is 14.9. The third-order valence-corrected chi connectivity index (χ3v) is 5.47. The monoisotopic (exact) mass is 412 g/mol. The Morgan fingerprint density at radius 2 is 1.52 bits per heavy atom. The molecule has 1 N–H and O–H groups in total. The van der Waals surface area contributed by atoms with E-state index < -0.39 is 0 Å². The number of aryl methyl sites for hydroxylation is 1. The number of rotatable bonds is 6. The van der Waals surface area contributed by atoms with Crippen molar-refractivity contribution < 1.29 is 14.4 Å². The van der Waals surface area contributed by atoms with Crippen molar-refractivity contribution in [2.45, 2.75) is 32.6 Å². The SMILES string of the molecule is CC(C)c1ccc(CCC(=O)Nc2cccc(N3C(=O)c4ccccc4C3=O)c2)cc1. The Bertz CT molecular complexity index is 1110. The van der Waals surface area contributed by atoms with Gasteiger partial charge in [-0.2, -0.15) is 0 Å². The van der Waals surface area contributed by atoms with E-state index in [9.17, 15) is 14.4 Å². The van der Waals surface area contributed by atoms with Crippen LogP contribution in [-0.2, 0) is 11.2 Å². The van der Waals surface area contributed by atoms with E-state index in [2.05, 4.69) is 43.4 Å². The van der Waals surface area contributed by atoms with E-state index in [0.717, 1.165) is 10.5 Å². The summed E-state index contributed by atoms with van der Waals surface area (Å²) in [6.07, 6.45) is 0.987. The van der Waals surface area contributed by atoms with Gasteiger partial charge in [-0.05, 0) is 53.8 Å². The average molecular weight is 412 g/mol. The molecular weight excluding hydrogens is 388 g/mol. The minimum Gasteiger partial charge on any atom is -0.326 e. The molecule has 4 rings (SSSR count). The average Bonchev–Trinajstić information content (AvgIpc) is 3.03. The Hall–Kier alpha value is -3.73. The molecule has 1 aliphatic rings. The molecule has 0 saturated heterocycles. The first kappa shape index (κ1) is 20.5. The number of benzene rings is 3. The smallest absolute Gasteiger partial charge is 0.266 e. The van der Waals surface area contributed by atoms with Gasteiger partial charge in [-0.15, -0.1) is 0 Å². The van der Waals surface area contributed by atoms with E-state index in [1.165, 1.54) is 5.56 Å². The number of anilines is 2. The van der Waals surface area contributed by atoms with Gasteiger partial charge in [-0.3, -0.25) is 14.4 Å².